The first-order valence-electron chi connectivity index (χ1n) is 9.01. The van der Waals surface area contributed by atoms with Gasteiger partial charge in [-0.05, 0) is 31.9 Å². The van der Waals surface area contributed by atoms with Crippen LogP contribution in [-0.4, -0.2) is 48.8 Å². The molecule has 10 nitrogen and oxygen atoms in total. The number of piperidine rings is 1. The number of sulfonamides is 1. The Morgan fingerprint density at radius 2 is 1.97 bits per heavy atom. The van der Waals surface area contributed by atoms with Crippen molar-refractivity contribution >= 4 is 21.6 Å². The standard InChI is InChI=1S/C18H22N4O6S/c1-11-15(17(24)21-18(25)19-11)29(26,27)22-9-5-6-12(10-22)16(23)20-13-7-3-4-8-14(13)28-2/h3-4,7-8,12H,5-6,9-10H2,1-2H3,(H,20,23)(H2,19,21,24,25). The third-order valence-corrected chi connectivity index (χ3v) is 6.81. The molecular weight excluding hydrogens is 400 g/mol. The molecule has 3 N–H and O–H groups in total. The predicted octanol–water partition coefficient (Wildman–Crippen LogP) is 0.420. The summed E-state index contributed by atoms with van der Waals surface area (Å²) in [5.74, 6) is -0.427. The summed E-state index contributed by atoms with van der Waals surface area (Å²) in [6.07, 6.45) is 0.970. The van der Waals surface area contributed by atoms with Gasteiger partial charge < -0.3 is 15.0 Å². The van der Waals surface area contributed by atoms with E-state index in [4.69, 9.17) is 4.74 Å². The molecule has 2 aromatic rings. The van der Waals surface area contributed by atoms with Crippen molar-refractivity contribution in [1.29, 1.82) is 0 Å². The van der Waals surface area contributed by atoms with Gasteiger partial charge in [-0.1, -0.05) is 12.1 Å². The molecule has 0 saturated carbocycles. The lowest BCUT2D eigenvalue weighted by molar-refractivity contribution is -0.120. The lowest BCUT2D eigenvalue weighted by atomic mass is 9.98. The molecule has 3 rings (SSSR count). The van der Waals surface area contributed by atoms with Crippen molar-refractivity contribution in [2.45, 2.75) is 24.7 Å². The molecular formula is C18H22N4O6S. The monoisotopic (exact) mass is 422 g/mol. The van der Waals surface area contributed by atoms with Crippen LogP contribution in [0.1, 0.15) is 18.5 Å². The highest BCUT2D eigenvalue weighted by atomic mass is 32.2. The maximum atomic E-state index is 13.0. The molecule has 1 aliphatic heterocycles. The number of nitrogens with one attached hydrogen (secondary N) is 3. The molecule has 1 saturated heterocycles. The molecule has 1 aromatic carbocycles. The van der Waals surface area contributed by atoms with Crippen LogP contribution in [0.5, 0.6) is 5.75 Å². The fourth-order valence-corrected chi connectivity index (χ4v) is 5.11. The minimum absolute atomic E-state index is 0.0423. The fraction of sp³-hybridized carbons (Fsp3) is 0.389. The summed E-state index contributed by atoms with van der Waals surface area (Å²) in [7, 11) is -2.69. The second-order valence-electron chi connectivity index (χ2n) is 6.75. The number of H-pyrrole nitrogens is 2. The van der Waals surface area contributed by atoms with Gasteiger partial charge in [0.25, 0.3) is 5.56 Å². The summed E-state index contributed by atoms with van der Waals surface area (Å²) < 4.78 is 32.3. The average molecular weight is 422 g/mol. The Hall–Kier alpha value is -2.92. The Bertz CT molecular complexity index is 1140. The van der Waals surface area contributed by atoms with E-state index in [2.05, 4.69) is 10.3 Å². The minimum Gasteiger partial charge on any atom is -0.495 e. The highest BCUT2D eigenvalue weighted by Gasteiger charge is 2.36. The van der Waals surface area contributed by atoms with Crippen LogP contribution in [0.15, 0.2) is 38.8 Å². The summed E-state index contributed by atoms with van der Waals surface area (Å²) in [6, 6.07) is 6.92. The third kappa shape index (κ3) is 4.25. The number of aromatic nitrogens is 2. The average Bonchev–Trinajstić information content (AvgIpc) is 2.67. The molecule has 11 heteroatoms. The lowest BCUT2D eigenvalue weighted by Gasteiger charge is -2.31. The summed E-state index contributed by atoms with van der Waals surface area (Å²) in [5.41, 5.74) is -1.31. The molecule has 1 aromatic heterocycles. The van der Waals surface area contributed by atoms with Gasteiger partial charge in [0.2, 0.25) is 15.9 Å². The van der Waals surface area contributed by atoms with Crippen molar-refractivity contribution in [1.82, 2.24) is 14.3 Å². The van der Waals surface area contributed by atoms with Crippen LogP contribution in [0, 0.1) is 12.8 Å². The molecule has 156 valence electrons. The molecule has 0 spiro atoms. The van der Waals surface area contributed by atoms with E-state index >= 15 is 0 Å². The largest absolute Gasteiger partial charge is 0.495 e. The zero-order valence-electron chi connectivity index (χ0n) is 16.0. The summed E-state index contributed by atoms with van der Waals surface area (Å²) in [4.78, 5) is 39.9. The molecule has 0 aliphatic carbocycles. The molecule has 1 atom stereocenters. The number of aryl methyl sites for hydroxylation is 1. The van der Waals surface area contributed by atoms with Crippen LogP contribution in [-0.2, 0) is 14.8 Å². The molecule has 1 amide bonds. The number of anilines is 1. The number of carbonyl (C=O) groups is 1. The zero-order chi connectivity index (χ0) is 21.2. The quantitative estimate of drug-likeness (QED) is 0.638. The van der Waals surface area contributed by atoms with Crippen molar-refractivity contribution in [2.24, 2.45) is 5.92 Å². The van der Waals surface area contributed by atoms with Crippen LogP contribution in [0.25, 0.3) is 0 Å². The number of benzene rings is 1. The second kappa shape index (κ2) is 8.21. The number of hydrogen-bond acceptors (Lipinski definition) is 6. The number of methoxy groups -OCH3 is 1. The molecule has 0 radical (unpaired) electrons. The summed E-state index contributed by atoms with van der Waals surface area (Å²) in [6.45, 7) is 1.46. The van der Waals surface area contributed by atoms with E-state index in [1.165, 1.54) is 14.0 Å². The van der Waals surface area contributed by atoms with E-state index in [9.17, 15) is 22.8 Å². The van der Waals surface area contributed by atoms with E-state index in [0.717, 1.165) is 4.31 Å². The van der Waals surface area contributed by atoms with Crippen LogP contribution in [0.4, 0.5) is 5.69 Å². The van der Waals surface area contributed by atoms with Crippen molar-refractivity contribution in [3.63, 3.8) is 0 Å². The normalized spacial score (nSPS) is 17.7. The van der Waals surface area contributed by atoms with Crippen molar-refractivity contribution in [2.75, 3.05) is 25.5 Å². The molecule has 2 heterocycles. The highest BCUT2D eigenvalue weighted by Crippen LogP contribution is 2.27. The fourth-order valence-electron chi connectivity index (χ4n) is 3.39. The second-order valence-corrected chi connectivity index (χ2v) is 8.63. The Morgan fingerprint density at radius 1 is 1.24 bits per heavy atom. The molecule has 29 heavy (non-hydrogen) atoms. The Labute approximate surface area is 167 Å². The van der Waals surface area contributed by atoms with Gasteiger partial charge >= 0.3 is 5.69 Å². The first-order valence-corrected chi connectivity index (χ1v) is 10.4. The zero-order valence-corrected chi connectivity index (χ0v) is 16.8. The maximum Gasteiger partial charge on any atom is 0.325 e. The van der Waals surface area contributed by atoms with Gasteiger partial charge in [0.1, 0.15) is 5.75 Å². The van der Waals surface area contributed by atoms with E-state index in [0.29, 0.717) is 24.3 Å². The molecule has 0 bridgehead atoms. The minimum atomic E-state index is -4.18. The van der Waals surface area contributed by atoms with E-state index in [1.54, 1.807) is 24.3 Å². The smallest absolute Gasteiger partial charge is 0.325 e. The van der Waals surface area contributed by atoms with E-state index in [-0.39, 0.29) is 24.7 Å². The number of hydrogen-bond donors (Lipinski definition) is 3. The number of amides is 1. The topological polar surface area (TPSA) is 141 Å². The van der Waals surface area contributed by atoms with Gasteiger partial charge in [0, 0.05) is 18.8 Å². The predicted molar refractivity (Wildman–Crippen MR) is 106 cm³/mol. The van der Waals surface area contributed by atoms with E-state index in [1.807, 2.05) is 4.98 Å². The SMILES string of the molecule is COc1ccccc1NC(=O)C1CCCN(S(=O)(=O)c2c(C)[nH]c(=O)[nH]c2=O)C1. The van der Waals surface area contributed by atoms with Gasteiger partial charge in [0.15, 0.2) is 4.90 Å². The Balaban J connectivity index is 1.82. The Kier molecular flexibility index (Phi) is 5.89. The summed E-state index contributed by atoms with van der Waals surface area (Å²) >= 11 is 0. The molecule has 1 unspecified atom stereocenters. The Morgan fingerprint density at radius 3 is 2.66 bits per heavy atom. The molecule has 1 fully saturated rings. The number of rotatable bonds is 5. The van der Waals surface area contributed by atoms with Gasteiger partial charge in [-0.15, -0.1) is 0 Å². The van der Waals surface area contributed by atoms with Gasteiger partial charge in [0.05, 0.1) is 18.7 Å². The highest BCUT2D eigenvalue weighted by molar-refractivity contribution is 7.89. The van der Waals surface area contributed by atoms with Crippen LogP contribution >= 0.6 is 0 Å². The summed E-state index contributed by atoms with van der Waals surface area (Å²) in [5, 5.41) is 2.77. The third-order valence-electron chi connectivity index (χ3n) is 4.79. The van der Waals surface area contributed by atoms with Crippen molar-refractivity contribution in [3.05, 3.63) is 50.8 Å². The first-order chi connectivity index (χ1) is 13.7. The van der Waals surface area contributed by atoms with Crippen LogP contribution < -0.4 is 21.3 Å². The van der Waals surface area contributed by atoms with E-state index < -0.39 is 32.1 Å². The first kappa shape index (κ1) is 20.8. The molecule has 1 aliphatic rings. The lowest BCUT2D eigenvalue weighted by Crippen LogP contribution is -2.45. The van der Waals surface area contributed by atoms with Crippen LogP contribution in [0.2, 0.25) is 0 Å². The van der Waals surface area contributed by atoms with Crippen LogP contribution in [0.3, 0.4) is 0 Å². The maximum absolute atomic E-state index is 13.0. The van der Waals surface area contributed by atoms with Gasteiger partial charge in [-0.25, -0.2) is 13.2 Å². The van der Waals surface area contributed by atoms with Crippen molar-refractivity contribution in [3.8, 4) is 5.75 Å². The number of aromatic amines is 2. The van der Waals surface area contributed by atoms with Gasteiger partial charge in [-0.2, -0.15) is 4.31 Å². The number of carbonyl (C=O) groups excluding carboxylic acids is 1. The number of para-hydroxylation sites is 2. The van der Waals surface area contributed by atoms with Crippen molar-refractivity contribution < 1.29 is 17.9 Å². The number of ether oxygens (including phenoxy) is 1. The number of nitrogens with zero attached hydrogens (tertiary/aromatic N) is 1. The van der Waals surface area contributed by atoms with Gasteiger partial charge in [-0.3, -0.25) is 14.6 Å².